The first-order chi connectivity index (χ1) is 11.0. The molecule has 0 N–H and O–H groups in total. The van der Waals surface area contributed by atoms with Gasteiger partial charge >= 0.3 is 0 Å². The van der Waals surface area contributed by atoms with Crippen molar-refractivity contribution in [3.63, 3.8) is 0 Å². The molecule has 1 amide bonds. The summed E-state index contributed by atoms with van der Waals surface area (Å²) < 4.78 is 0.953. The molecule has 0 atom stereocenters. The van der Waals surface area contributed by atoms with Crippen LogP contribution in [0.3, 0.4) is 0 Å². The van der Waals surface area contributed by atoms with Crippen LogP contribution in [0.2, 0.25) is 0 Å². The van der Waals surface area contributed by atoms with Crippen LogP contribution in [-0.2, 0) is 11.3 Å². The van der Waals surface area contributed by atoms with Crippen LogP contribution in [-0.4, -0.2) is 33.4 Å². The molecule has 0 unspecified atom stereocenters. The van der Waals surface area contributed by atoms with Crippen molar-refractivity contribution < 1.29 is 9.72 Å². The molecule has 1 heterocycles. The Kier molecular flexibility index (Phi) is 5.11. The van der Waals surface area contributed by atoms with E-state index in [-0.39, 0.29) is 23.7 Å². The second kappa shape index (κ2) is 7.05. The van der Waals surface area contributed by atoms with Crippen LogP contribution in [0.1, 0.15) is 31.7 Å². The number of nitrogens with zero attached hydrogens (tertiary/aromatic N) is 4. The maximum atomic E-state index is 12.4. The molecular weight excluding hydrogens is 300 g/mol. The highest BCUT2D eigenvalue weighted by atomic mass is 16.6. The Morgan fingerprint density at radius 2 is 2.26 bits per heavy atom. The predicted molar refractivity (Wildman–Crippen MR) is 81.7 cm³/mol. The standard InChI is InChI=1S/C15H18N4O4/c1-2-5-17(8-11-3-4-11)14(20)10-18-9-13(19(22)23)6-12(7-16)15(18)21/h6,9,11H,2-5,8,10H2,1H3. The molecule has 122 valence electrons. The summed E-state index contributed by atoms with van der Waals surface area (Å²) in [4.78, 5) is 36.4. The smallest absolute Gasteiger partial charge is 0.287 e. The summed E-state index contributed by atoms with van der Waals surface area (Å²) in [7, 11) is 0. The molecule has 1 fully saturated rings. The minimum atomic E-state index is -0.686. The maximum Gasteiger partial charge on any atom is 0.287 e. The molecule has 2 rings (SSSR count). The number of hydrogen-bond donors (Lipinski definition) is 0. The van der Waals surface area contributed by atoms with Crippen molar-refractivity contribution in [3.8, 4) is 6.07 Å². The molecule has 1 aliphatic carbocycles. The number of amides is 1. The Morgan fingerprint density at radius 3 is 2.78 bits per heavy atom. The second-order valence-electron chi connectivity index (χ2n) is 5.70. The van der Waals surface area contributed by atoms with Gasteiger partial charge in [-0.2, -0.15) is 5.26 Å². The quantitative estimate of drug-likeness (QED) is 0.555. The fraction of sp³-hybridized carbons (Fsp3) is 0.533. The molecule has 0 saturated heterocycles. The molecule has 23 heavy (non-hydrogen) atoms. The van der Waals surface area contributed by atoms with Gasteiger partial charge < -0.3 is 4.90 Å². The van der Waals surface area contributed by atoms with Gasteiger partial charge in [-0.25, -0.2) is 0 Å². The third kappa shape index (κ3) is 4.16. The van der Waals surface area contributed by atoms with Crippen LogP contribution in [0, 0.1) is 27.4 Å². The second-order valence-corrected chi connectivity index (χ2v) is 5.70. The van der Waals surface area contributed by atoms with Gasteiger partial charge in [-0.15, -0.1) is 0 Å². The van der Waals surface area contributed by atoms with Crippen molar-refractivity contribution >= 4 is 11.6 Å². The van der Waals surface area contributed by atoms with Gasteiger partial charge in [-0.05, 0) is 25.2 Å². The SMILES string of the molecule is CCCN(CC1CC1)C(=O)Cn1cc([N+](=O)[O-])cc(C#N)c1=O. The number of nitro groups is 1. The molecule has 0 aromatic carbocycles. The van der Waals surface area contributed by atoms with E-state index in [0.29, 0.717) is 19.0 Å². The monoisotopic (exact) mass is 318 g/mol. The van der Waals surface area contributed by atoms with Gasteiger partial charge in [0.05, 0.1) is 11.1 Å². The van der Waals surface area contributed by atoms with Gasteiger partial charge in [0, 0.05) is 19.2 Å². The first kappa shape index (κ1) is 16.7. The van der Waals surface area contributed by atoms with E-state index < -0.39 is 10.5 Å². The highest BCUT2D eigenvalue weighted by Crippen LogP contribution is 2.29. The Balaban J connectivity index is 2.24. The largest absolute Gasteiger partial charge is 0.341 e. The van der Waals surface area contributed by atoms with Crippen LogP contribution in [0.5, 0.6) is 0 Å². The fourth-order valence-corrected chi connectivity index (χ4v) is 2.36. The van der Waals surface area contributed by atoms with E-state index >= 15 is 0 Å². The third-order valence-electron chi connectivity index (χ3n) is 3.73. The average molecular weight is 318 g/mol. The van der Waals surface area contributed by atoms with Crippen molar-refractivity contribution in [2.45, 2.75) is 32.7 Å². The summed E-state index contributed by atoms with van der Waals surface area (Å²) in [5, 5.41) is 19.8. The summed E-state index contributed by atoms with van der Waals surface area (Å²) in [6, 6.07) is 2.57. The number of aromatic nitrogens is 1. The normalized spacial score (nSPS) is 13.4. The van der Waals surface area contributed by atoms with Crippen molar-refractivity contribution in [1.29, 1.82) is 5.26 Å². The summed E-state index contributed by atoms with van der Waals surface area (Å²) in [6.07, 6.45) is 4.01. The molecule has 1 saturated carbocycles. The van der Waals surface area contributed by atoms with E-state index in [9.17, 15) is 19.7 Å². The Morgan fingerprint density at radius 1 is 1.57 bits per heavy atom. The Hall–Kier alpha value is -2.69. The van der Waals surface area contributed by atoms with E-state index in [1.807, 2.05) is 6.92 Å². The topological polar surface area (TPSA) is 109 Å². The van der Waals surface area contributed by atoms with Crippen molar-refractivity contribution in [3.05, 3.63) is 38.3 Å². The Bertz CT molecular complexity index is 715. The minimum Gasteiger partial charge on any atom is -0.341 e. The number of carbonyl (C=O) groups is 1. The van der Waals surface area contributed by atoms with Crippen LogP contribution < -0.4 is 5.56 Å². The van der Waals surface area contributed by atoms with Crippen molar-refractivity contribution in [2.75, 3.05) is 13.1 Å². The van der Waals surface area contributed by atoms with Gasteiger partial charge in [-0.1, -0.05) is 6.92 Å². The summed E-state index contributed by atoms with van der Waals surface area (Å²) in [5.74, 6) is 0.257. The molecule has 0 aliphatic heterocycles. The van der Waals surface area contributed by atoms with Crippen LogP contribution in [0.15, 0.2) is 17.1 Å². The number of nitriles is 1. The average Bonchev–Trinajstić information content (AvgIpc) is 3.32. The van der Waals surface area contributed by atoms with Gasteiger partial charge in [0.15, 0.2) is 0 Å². The molecule has 8 heteroatoms. The highest BCUT2D eigenvalue weighted by molar-refractivity contribution is 5.76. The molecule has 0 radical (unpaired) electrons. The van der Waals surface area contributed by atoms with E-state index in [1.165, 1.54) is 0 Å². The zero-order valence-corrected chi connectivity index (χ0v) is 12.9. The predicted octanol–water partition coefficient (Wildman–Crippen LogP) is 1.28. The van der Waals surface area contributed by atoms with Gasteiger partial charge in [-0.3, -0.25) is 24.3 Å². The lowest BCUT2D eigenvalue weighted by molar-refractivity contribution is -0.385. The van der Waals surface area contributed by atoms with Gasteiger partial charge in [0.2, 0.25) is 5.91 Å². The van der Waals surface area contributed by atoms with E-state index in [2.05, 4.69) is 0 Å². The first-order valence-corrected chi connectivity index (χ1v) is 7.53. The van der Waals surface area contributed by atoms with Crippen LogP contribution in [0.4, 0.5) is 5.69 Å². The summed E-state index contributed by atoms with van der Waals surface area (Å²) in [5.41, 5.74) is -1.40. The number of carbonyl (C=O) groups excluding carboxylic acids is 1. The molecule has 1 aromatic rings. The highest BCUT2D eigenvalue weighted by Gasteiger charge is 2.27. The van der Waals surface area contributed by atoms with Gasteiger partial charge in [0.1, 0.15) is 18.2 Å². The molecular formula is C15H18N4O4. The van der Waals surface area contributed by atoms with Gasteiger partial charge in [0.25, 0.3) is 11.2 Å². The lowest BCUT2D eigenvalue weighted by atomic mass is 10.2. The summed E-state index contributed by atoms with van der Waals surface area (Å²) in [6.45, 7) is 2.91. The molecule has 8 nitrogen and oxygen atoms in total. The van der Waals surface area contributed by atoms with E-state index in [0.717, 1.165) is 36.1 Å². The zero-order chi connectivity index (χ0) is 17.0. The molecule has 0 bridgehead atoms. The fourth-order valence-electron chi connectivity index (χ4n) is 2.36. The number of rotatable bonds is 7. The number of pyridine rings is 1. The lowest BCUT2D eigenvalue weighted by Crippen LogP contribution is -2.38. The minimum absolute atomic E-state index is 0.259. The van der Waals surface area contributed by atoms with Crippen LogP contribution in [0.25, 0.3) is 0 Å². The maximum absolute atomic E-state index is 12.4. The molecule has 1 aliphatic rings. The van der Waals surface area contributed by atoms with Crippen molar-refractivity contribution in [2.24, 2.45) is 5.92 Å². The number of hydrogen-bond acceptors (Lipinski definition) is 5. The van der Waals surface area contributed by atoms with Crippen LogP contribution >= 0.6 is 0 Å². The lowest BCUT2D eigenvalue weighted by Gasteiger charge is -2.22. The summed E-state index contributed by atoms with van der Waals surface area (Å²) >= 11 is 0. The third-order valence-corrected chi connectivity index (χ3v) is 3.73. The Labute approximate surface area is 133 Å². The molecule has 0 spiro atoms. The van der Waals surface area contributed by atoms with Crippen molar-refractivity contribution in [1.82, 2.24) is 9.47 Å². The zero-order valence-electron chi connectivity index (χ0n) is 12.9. The molecule has 1 aromatic heterocycles. The van der Waals surface area contributed by atoms with E-state index in [1.54, 1.807) is 11.0 Å². The van der Waals surface area contributed by atoms with E-state index in [4.69, 9.17) is 5.26 Å². The first-order valence-electron chi connectivity index (χ1n) is 7.53.